The third-order valence-corrected chi connectivity index (χ3v) is 4.18. The van der Waals surface area contributed by atoms with Crippen LogP contribution in [0.4, 0.5) is 0 Å². The van der Waals surface area contributed by atoms with E-state index < -0.39 is 0 Å². The number of rotatable bonds is 2. The molecule has 2 nitrogen and oxygen atoms in total. The maximum atomic E-state index is 11.8. The van der Waals surface area contributed by atoms with E-state index in [9.17, 15) is 4.79 Å². The van der Waals surface area contributed by atoms with E-state index in [4.69, 9.17) is 0 Å². The van der Waals surface area contributed by atoms with Gasteiger partial charge in [0.05, 0.1) is 0 Å². The number of benzene rings is 1. The van der Waals surface area contributed by atoms with Crippen LogP contribution in [-0.2, 0) is 11.3 Å². The van der Waals surface area contributed by atoms with Gasteiger partial charge in [-0.2, -0.15) is 0 Å². The summed E-state index contributed by atoms with van der Waals surface area (Å²) in [6.45, 7) is 3.10. The van der Waals surface area contributed by atoms with E-state index in [1.165, 1.54) is 12.0 Å². The van der Waals surface area contributed by atoms with Crippen LogP contribution in [0.5, 0.6) is 0 Å². The molecule has 0 bridgehead atoms. The Hall–Kier alpha value is -1.15. The SMILES string of the molecule is O=C1CCC[C@H]2CN(Cc3ccccc3)C[C@H]12. The highest BCUT2D eigenvalue weighted by Gasteiger charge is 2.38. The van der Waals surface area contributed by atoms with Gasteiger partial charge in [-0.3, -0.25) is 9.69 Å². The summed E-state index contributed by atoms with van der Waals surface area (Å²) in [6, 6.07) is 10.6. The van der Waals surface area contributed by atoms with Crippen LogP contribution >= 0.6 is 0 Å². The van der Waals surface area contributed by atoms with E-state index in [0.29, 0.717) is 17.6 Å². The summed E-state index contributed by atoms with van der Waals surface area (Å²) in [5.41, 5.74) is 1.36. The van der Waals surface area contributed by atoms with Gasteiger partial charge in [0.15, 0.2) is 0 Å². The maximum Gasteiger partial charge on any atom is 0.137 e. The minimum atomic E-state index is 0.340. The van der Waals surface area contributed by atoms with E-state index in [0.717, 1.165) is 32.5 Å². The summed E-state index contributed by atoms with van der Waals surface area (Å²) in [6.07, 6.45) is 3.18. The molecule has 1 aromatic carbocycles. The van der Waals surface area contributed by atoms with Crippen LogP contribution in [0.15, 0.2) is 30.3 Å². The van der Waals surface area contributed by atoms with E-state index >= 15 is 0 Å². The molecule has 90 valence electrons. The monoisotopic (exact) mass is 229 g/mol. The minimum Gasteiger partial charge on any atom is -0.299 e. The summed E-state index contributed by atoms with van der Waals surface area (Å²) < 4.78 is 0. The number of hydrogen-bond acceptors (Lipinski definition) is 2. The second-order valence-electron chi connectivity index (χ2n) is 5.40. The van der Waals surface area contributed by atoms with Crippen LogP contribution in [0, 0.1) is 11.8 Å². The van der Waals surface area contributed by atoms with Crippen LogP contribution < -0.4 is 0 Å². The summed E-state index contributed by atoms with van der Waals surface area (Å²) in [7, 11) is 0. The first kappa shape index (κ1) is 11.0. The predicted molar refractivity (Wildman–Crippen MR) is 67.6 cm³/mol. The summed E-state index contributed by atoms with van der Waals surface area (Å²) in [5.74, 6) is 1.49. The molecule has 1 heterocycles. The van der Waals surface area contributed by atoms with E-state index in [1.807, 2.05) is 0 Å². The van der Waals surface area contributed by atoms with Crippen molar-refractivity contribution in [1.82, 2.24) is 4.90 Å². The average Bonchev–Trinajstić information content (AvgIpc) is 2.74. The quantitative estimate of drug-likeness (QED) is 0.776. The second-order valence-corrected chi connectivity index (χ2v) is 5.40. The Labute approximate surface area is 103 Å². The molecule has 0 radical (unpaired) electrons. The Kier molecular flexibility index (Phi) is 2.98. The zero-order valence-corrected chi connectivity index (χ0v) is 10.1. The van der Waals surface area contributed by atoms with Gasteiger partial charge in [-0.05, 0) is 24.3 Å². The predicted octanol–water partition coefficient (Wildman–Crippen LogP) is 2.49. The number of fused-ring (bicyclic) bond motifs is 1. The molecular formula is C15H19NO. The van der Waals surface area contributed by atoms with Gasteiger partial charge in [-0.1, -0.05) is 30.3 Å². The van der Waals surface area contributed by atoms with Gasteiger partial charge < -0.3 is 0 Å². The number of likely N-dealkylation sites (tertiary alicyclic amines) is 1. The maximum absolute atomic E-state index is 11.8. The van der Waals surface area contributed by atoms with Gasteiger partial charge in [0.25, 0.3) is 0 Å². The molecule has 0 N–H and O–H groups in total. The molecule has 2 heteroatoms. The minimum absolute atomic E-state index is 0.340. The summed E-state index contributed by atoms with van der Waals surface area (Å²) in [5, 5.41) is 0. The van der Waals surface area contributed by atoms with Crippen LogP contribution in [0.3, 0.4) is 0 Å². The van der Waals surface area contributed by atoms with Crippen LogP contribution in [0.1, 0.15) is 24.8 Å². The fourth-order valence-corrected chi connectivity index (χ4v) is 3.31. The van der Waals surface area contributed by atoms with Crippen molar-refractivity contribution in [1.29, 1.82) is 0 Å². The smallest absolute Gasteiger partial charge is 0.137 e. The van der Waals surface area contributed by atoms with Crippen molar-refractivity contribution in [2.45, 2.75) is 25.8 Å². The Morgan fingerprint density at radius 3 is 2.76 bits per heavy atom. The molecule has 2 fully saturated rings. The fraction of sp³-hybridized carbons (Fsp3) is 0.533. The first-order valence-corrected chi connectivity index (χ1v) is 6.62. The number of ketones is 1. The van der Waals surface area contributed by atoms with E-state index in [-0.39, 0.29) is 0 Å². The van der Waals surface area contributed by atoms with Crippen LogP contribution in [0.2, 0.25) is 0 Å². The lowest BCUT2D eigenvalue weighted by Gasteiger charge is -2.21. The number of nitrogens with zero attached hydrogens (tertiary/aromatic N) is 1. The molecule has 0 aromatic heterocycles. The first-order valence-electron chi connectivity index (χ1n) is 6.62. The van der Waals surface area contributed by atoms with Crippen molar-refractivity contribution < 1.29 is 4.79 Å². The topological polar surface area (TPSA) is 20.3 Å². The molecule has 0 unspecified atom stereocenters. The van der Waals surface area contributed by atoms with Crippen molar-refractivity contribution in [3.63, 3.8) is 0 Å². The van der Waals surface area contributed by atoms with Crippen molar-refractivity contribution >= 4 is 5.78 Å². The zero-order valence-electron chi connectivity index (χ0n) is 10.1. The van der Waals surface area contributed by atoms with Gasteiger partial charge in [0, 0.05) is 32.0 Å². The summed E-state index contributed by atoms with van der Waals surface area (Å²) in [4.78, 5) is 14.3. The normalized spacial score (nSPS) is 29.3. The van der Waals surface area contributed by atoms with Crippen molar-refractivity contribution in [3.05, 3.63) is 35.9 Å². The molecule has 0 amide bonds. The van der Waals surface area contributed by atoms with E-state index in [2.05, 4.69) is 35.2 Å². The standard InChI is InChI=1S/C15H19NO/c17-15-8-4-7-13-10-16(11-14(13)15)9-12-5-2-1-3-6-12/h1-3,5-6,13-14H,4,7-11H2/t13-,14-/m0/s1. The highest BCUT2D eigenvalue weighted by atomic mass is 16.1. The van der Waals surface area contributed by atoms with Crippen molar-refractivity contribution in [2.75, 3.05) is 13.1 Å². The van der Waals surface area contributed by atoms with Crippen molar-refractivity contribution in [3.8, 4) is 0 Å². The Morgan fingerprint density at radius 2 is 2.00 bits per heavy atom. The molecule has 2 aliphatic rings. The molecule has 1 aliphatic carbocycles. The highest BCUT2D eigenvalue weighted by molar-refractivity contribution is 5.82. The molecule has 1 saturated heterocycles. The number of hydrogen-bond donors (Lipinski definition) is 0. The molecular weight excluding hydrogens is 210 g/mol. The third-order valence-electron chi connectivity index (χ3n) is 4.18. The molecule has 17 heavy (non-hydrogen) atoms. The Bertz CT molecular complexity index is 401. The third kappa shape index (κ3) is 2.27. The fourth-order valence-electron chi connectivity index (χ4n) is 3.31. The lowest BCUT2D eigenvalue weighted by Crippen LogP contribution is -2.27. The number of carbonyl (C=O) groups is 1. The van der Waals surface area contributed by atoms with E-state index in [1.54, 1.807) is 0 Å². The number of Topliss-reactive ketones (excluding diaryl/α,β-unsaturated/α-hetero) is 1. The molecule has 0 spiro atoms. The van der Waals surface area contributed by atoms with Crippen LogP contribution in [0.25, 0.3) is 0 Å². The lowest BCUT2D eigenvalue weighted by atomic mass is 9.81. The summed E-state index contributed by atoms with van der Waals surface area (Å²) >= 11 is 0. The zero-order chi connectivity index (χ0) is 11.7. The Morgan fingerprint density at radius 1 is 1.18 bits per heavy atom. The molecule has 1 aromatic rings. The average molecular weight is 229 g/mol. The molecule has 1 saturated carbocycles. The Balaban J connectivity index is 1.66. The van der Waals surface area contributed by atoms with Gasteiger partial charge in [-0.25, -0.2) is 0 Å². The molecule has 3 rings (SSSR count). The van der Waals surface area contributed by atoms with Crippen LogP contribution in [-0.4, -0.2) is 23.8 Å². The second kappa shape index (κ2) is 4.61. The van der Waals surface area contributed by atoms with Gasteiger partial charge in [0.2, 0.25) is 0 Å². The number of carbonyl (C=O) groups excluding carboxylic acids is 1. The lowest BCUT2D eigenvalue weighted by molar-refractivity contribution is -0.125. The molecule has 1 aliphatic heterocycles. The molecule has 2 atom stereocenters. The van der Waals surface area contributed by atoms with Gasteiger partial charge in [0.1, 0.15) is 5.78 Å². The first-order chi connectivity index (χ1) is 8.33. The highest BCUT2D eigenvalue weighted by Crippen LogP contribution is 2.34. The van der Waals surface area contributed by atoms with Crippen molar-refractivity contribution in [2.24, 2.45) is 11.8 Å². The van der Waals surface area contributed by atoms with Gasteiger partial charge >= 0.3 is 0 Å². The van der Waals surface area contributed by atoms with Gasteiger partial charge in [-0.15, -0.1) is 0 Å². The largest absolute Gasteiger partial charge is 0.299 e.